The number of hydrogen-bond donors (Lipinski definition) is 2. The molecule has 154 valence electrons. The van der Waals surface area contributed by atoms with Gasteiger partial charge in [0.1, 0.15) is 0 Å². The molecule has 0 saturated heterocycles. The van der Waals surface area contributed by atoms with Crippen molar-refractivity contribution in [2.45, 2.75) is 39.0 Å². The van der Waals surface area contributed by atoms with Gasteiger partial charge in [-0.05, 0) is 61.9 Å². The van der Waals surface area contributed by atoms with E-state index in [1.165, 1.54) is 16.5 Å². The number of nitrogens with zero attached hydrogens (tertiary/aromatic N) is 2. The van der Waals surface area contributed by atoms with Crippen LogP contribution >= 0.6 is 0 Å². The predicted octanol–water partition coefficient (Wildman–Crippen LogP) is 4.73. The standard InChI is InChI=1S/C25H28N4O/c1-19-21(18-29(28-19)22-11-3-2-4-12-22)10-8-16-26-25(30)15-7-9-20-17-27-24-14-6-5-13-23(20)24/h2-6,11-14,17-18,27H,7-10,15-16H2,1H3,(H,26,30). The summed E-state index contributed by atoms with van der Waals surface area (Å²) in [6.07, 6.45) is 8.30. The van der Waals surface area contributed by atoms with E-state index in [1.54, 1.807) is 0 Å². The first-order chi connectivity index (χ1) is 14.7. The van der Waals surface area contributed by atoms with E-state index in [9.17, 15) is 4.79 Å². The van der Waals surface area contributed by atoms with Crippen molar-refractivity contribution in [1.29, 1.82) is 0 Å². The van der Waals surface area contributed by atoms with Gasteiger partial charge in [-0.15, -0.1) is 0 Å². The second-order valence-electron chi connectivity index (χ2n) is 7.69. The maximum absolute atomic E-state index is 12.2. The molecule has 5 heteroatoms. The number of carbonyl (C=O) groups is 1. The number of nitrogens with one attached hydrogen (secondary N) is 2. The number of H-pyrrole nitrogens is 1. The average molecular weight is 401 g/mol. The van der Waals surface area contributed by atoms with Crippen molar-refractivity contribution in [3.8, 4) is 5.69 Å². The Bertz CT molecular complexity index is 1110. The van der Waals surface area contributed by atoms with Gasteiger partial charge in [0, 0.05) is 36.3 Å². The second kappa shape index (κ2) is 9.44. The monoisotopic (exact) mass is 400 g/mol. The molecule has 5 nitrogen and oxygen atoms in total. The predicted molar refractivity (Wildman–Crippen MR) is 121 cm³/mol. The van der Waals surface area contributed by atoms with Crippen LogP contribution in [0.1, 0.15) is 36.1 Å². The zero-order chi connectivity index (χ0) is 20.8. The lowest BCUT2D eigenvalue weighted by Crippen LogP contribution is -2.24. The molecule has 1 amide bonds. The van der Waals surface area contributed by atoms with Gasteiger partial charge in [0.15, 0.2) is 0 Å². The van der Waals surface area contributed by atoms with Crippen molar-refractivity contribution in [1.82, 2.24) is 20.1 Å². The van der Waals surface area contributed by atoms with Crippen LogP contribution in [0, 0.1) is 6.92 Å². The molecule has 0 bridgehead atoms. The first-order valence-corrected chi connectivity index (χ1v) is 10.6. The number of amides is 1. The molecule has 0 radical (unpaired) electrons. The summed E-state index contributed by atoms with van der Waals surface area (Å²) in [4.78, 5) is 15.5. The van der Waals surface area contributed by atoms with Gasteiger partial charge in [0.05, 0.1) is 11.4 Å². The Morgan fingerprint density at radius 3 is 2.63 bits per heavy atom. The third kappa shape index (κ3) is 4.79. The van der Waals surface area contributed by atoms with Gasteiger partial charge in [-0.1, -0.05) is 36.4 Å². The second-order valence-corrected chi connectivity index (χ2v) is 7.69. The number of fused-ring (bicyclic) bond motifs is 1. The number of benzene rings is 2. The zero-order valence-electron chi connectivity index (χ0n) is 17.4. The lowest BCUT2D eigenvalue weighted by atomic mass is 10.1. The van der Waals surface area contributed by atoms with Crippen molar-refractivity contribution in [3.63, 3.8) is 0 Å². The topological polar surface area (TPSA) is 62.7 Å². The molecule has 30 heavy (non-hydrogen) atoms. The SMILES string of the molecule is Cc1nn(-c2ccccc2)cc1CCCNC(=O)CCCc1c[nH]c2ccccc12. The smallest absolute Gasteiger partial charge is 0.220 e. The van der Waals surface area contributed by atoms with Crippen molar-refractivity contribution in [2.75, 3.05) is 6.54 Å². The van der Waals surface area contributed by atoms with Gasteiger partial charge in [-0.25, -0.2) is 4.68 Å². The van der Waals surface area contributed by atoms with Gasteiger partial charge in [0.2, 0.25) is 5.91 Å². The van der Waals surface area contributed by atoms with Crippen LogP contribution in [-0.4, -0.2) is 27.2 Å². The number of hydrogen-bond acceptors (Lipinski definition) is 2. The quantitative estimate of drug-likeness (QED) is 0.399. The molecule has 0 aliphatic carbocycles. The molecule has 0 fully saturated rings. The first-order valence-electron chi connectivity index (χ1n) is 10.6. The molecule has 0 unspecified atom stereocenters. The fourth-order valence-electron chi connectivity index (χ4n) is 3.83. The van der Waals surface area contributed by atoms with Crippen molar-refractivity contribution < 1.29 is 4.79 Å². The molecule has 0 atom stereocenters. The first kappa shape index (κ1) is 20.0. The molecule has 0 saturated carbocycles. The Morgan fingerprint density at radius 2 is 1.77 bits per heavy atom. The van der Waals surface area contributed by atoms with Gasteiger partial charge in [0.25, 0.3) is 0 Å². The summed E-state index contributed by atoms with van der Waals surface area (Å²) in [6.45, 7) is 2.74. The molecule has 0 aliphatic heterocycles. The maximum atomic E-state index is 12.2. The highest BCUT2D eigenvalue weighted by Crippen LogP contribution is 2.19. The Hall–Kier alpha value is -3.34. The molecular weight excluding hydrogens is 372 g/mol. The molecule has 4 rings (SSSR count). The summed E-state index contributed by atoms with van der Waals surface area (Å²) in [5, 5.41) is 8.92. The highest BCUT2D eigenvalue weighted by Gasteiger charge is 2.08. The number of aromatic nitrogens is 3. The minimum atomic E-state index is 0.131. The molecule has 4 aromatic rings. The molecule has 2 N–H and O–H groups in total. The lowest BCUT2D eigenvalue weighted by molar-refractivity contribution is -0.121. The van der Waals surface area contributed by atoms with E-state index in [0.29, 0.717) is 13.0 Å². The number of para-hydroxylation sites is 2. The van der Waals surface area contributed by atoms with E-state index < -0.39 is 0 Å². The van der Waals surface area contributed by atoms with Crippen LogP contribution in [-0.2, 0) is 17.6 Å². The minimum absolute atomic E-state index is 0.131. The van der Waals surface area contributed by atoms with Crippen LogP contribution < -0.4 is 5.32 Å². The lowest BCUT2D eigenvalue weighted by Gasteiger charge is -2.05. The summed E-state index contributed by atoms with van der Waals surface area (Å²) in [5.74, 6) is 0.131. The van der Waals surface area contributed by atoms with Crippen LogP contribution in [0.4, 0.5) is 0 Å². The third-order valence-electron chi connectivity index (χ3n) is 5.49. The molecule has 0 spiro atoms. The normalized spacial score (nSPS) is 11.1. The fourth-order valence-corrected chi connectivity index (χ4v) is 3.83. The van der Waals surface area contributed by atoms with Crippen molar-refractivity contribution in [2.24, 2.45) is 0 Å². The molecule has 2 aromatic heterocycles. The maximum Gasteiger partial charge on any atom is 0.220 e. The zero-order valence-corrected chi connectivity index (χ0v) is 17.4. The molecule has 0 aliphatic rings. The van der Waals surface area contributed by atoms with Gasteiger partial charge in [-0.3, -0.25) is 4.79 Å². The third-order valence-corrected chi connectivity index (χ3v) is 5.49. The summed E-state index contributed by atoms with van der Waals surface area (Å²) in [6, 6.07) is 18.4. The molecular formula is C25H28N4O. The van der Waals surface area contributed by atoms with Crippen LogP contribution in [0.2, 0.25) is 0 Å². The van der Waals surface area contributed by atoms with Gasteiger partial charge >= 0.3 is 0 Å². The fraction of sp³-hybridized carbons (Fsp3) is 0.280. The van der Waals surface area contributed by atoms with Crippen LogP contribution in [0.5, 0.6) is 0 Å². The number of aryl methyl sites for hydroxylation is 3. The summed E-state index contributed by atoms with van der Waals surface area (Å²) < 4.78 is 1.92. The van der Waals surface area contributed by atoms with E-state index in [-0.39, 0.29) is 5.91 Å². The Morgan fingerprint density at radius 1 is 1.00 bits per heavy atom. The number of rotatable bonds is 9. The Balaban J connectivity index is 1.18. The highest BCUT2D eigenvalue weighted by molar-refractivity contribution is 5.83. The van der Waals surface area contributed by atoms with Crippen molar-refractivity contribution >= 4 is 16.8 Å². The molecule has 2 aromatic carbocycles. The Kier molecular flexibility index (Phi) is 6.28. The van der Waals surface area contributed by atoms with Gasteiger partial charge < -0.3 is 10.3 Å². The van der Waals surface area contributed by atoms with Crippen molar-refractivity contribution in [3.05, 3.63) is 83.8 Å². The van der Waals surface area contributed by atoms with E-state index in [0.717, 1.165) is 42.6 Å². The van der Waals surface area contributed by atoms with Crippen LogP contribution in [0.15, 0.2) is 67.0 Å². The summed E-state index contributed by atoms with van der Waals surface area (Å²) >= 11 is 0. The number of aromatic amines is 1. The Labute approximate surface area is 177 Å². The minimum Gasteiger partial charge on any atom is -0.361 e. The van der Waals surface area contributed by atoms with E-state index in [2.05, 4.69) is 46.0 Å². The van der Waals surface area contributed by atoms with E-state index >= 15 is 0 Å². The largest absolute Gasteiger partial charge is 0.361 e. The van der Waals surface area contributed by atoms with Crippen LogP contribution in [0.25, 0.3) is 16.6 Å². The summed E-state index contributed by atoms with van der Waals surface area (Å²) in [7, 11) is 0. The number of carbonyl (C=O) groups excluding carboxylic acids is 1. The van der Waals surface area contributed by atoms with E-state index in [4.69, 9.17) is 0 Å². The highest BCUT2D eigenvalue weighted by atomic mass is 16.1. The van der Waals surface area contributed by atoms with Crippen LogP contribution in [0.3, 0.4) is 0 Å². The average Bonchev–Trinajstić information content (AvgIpc) is 3.35. The molecule has 2 heterocycles. The van der Waals surface area contributed by atoms with Gasteiger partial charge in [-0.2, -0.15) is 5.10 Å². The summed E-state index contributed by atoms with van der Waals surface area (Å²) in [5.41, 5.74) is 5.78. The van der Waals surface area contributed by atoms with E-state index in [1.807, 2.05) is 48.0 Å².